The van der Waals surface area contributed by atoms with E-state index in [0.29, 0.717) is 12.2 Å². The van der Waals surface area contributed by atoms with Crippen molar-refractivity contribution < 1.29 is 17.9 Å². The molecule has 1 saturated heterocycles. The SMILES string of the molecule is COc1cccc(C(CNC(=O)Nc2ccc(S(N)(=O)=O)cc2)N2CCCC2)c1. The van der Waals surface area contributed by atoms with E-state index in [0.717, 1.165) is 37.2 Å². The highest BCUT2D eigenvalue weighted by Crippen LogP contribution is 2.27. The number of rotatable bonds is 7. The molecule has 1 unspecified atom stereocenters. The number of benzene rings is 2. The number of nitrogens with one attached hydrogen (secondary N) is 2. The summed E-state index contributed by atoms with van der Waals surface area (Å²) in [5.74, 6) is 0.783. The van der Waals surface area contributed by atoms with Gasteiger partial charge in [-0.25, -0.2) is 18.4 Å². The van der Waals surface area contributed by atoms with Crippen LogP contribution >= 0.6 is 0 Å². The molecule has 1 heterocycles. The molecule has 2 aromatic carbocycles. The zero-order chi connectivity index (χ0) is 20.9. The van der Waals surface area contributed by atoms with Crippen LogP contribution in [-0.4, -0.2) is 46.1 Å². The molecule has 3 rings (SSSR count). The molecule has 0 saturated carbocycles. The van der Waals surface area contributed by atoms with Gasteiger partial charge in [-0.15, -0.1) is 0 Å². The van der Waals surface area contributed by atoms with Crippen molar-refractivity contribution in [2.45, 2.75) is 23.8 Å². The fourth-order valence-corrected chi connectivity index (χ4v) is 3.97. The number of ether oxygens (including phenoxy) is 1. The number of amides is 2. The third-order valence-corrected chi connectivity index (χ3v) is 5.89. The quantitative estimate of drug-likeness (QED) is 0.638. The molecule has 0 bridgehead atoms. The van der Waals surface area contributed by atoms with Crippen LogP contribution in [-0.2, 0) is 10.0 Å². The first-order chi connectivity index (χ1) is 13.9. The normalized spacial score (nSPS) is 15.7. The van der Waals surface area contributed by atoms with Gasteiger partial charge in [-0.05, 0) is 67.9 Å². The predicted octanol–water partition coefficient (Wildman–Crippen LogP) is 2.30. The number of nitrogens with zero attached hydrogens (tertiary/aromatic N) is 1. The van der Waals surface area contributed by atoms with Crippen LogP contribution in [0.5, 0.6) is 5.75 Å². The molecule has 8 nitrogen and oxygen atoms in total. The molecule has 0 aromatic heterocycles. The number of methoxy groups -OCH3 is 1. The predicted molar refractivity (Wildman–Crippen MR) is 111 cm³/mol. The van der Waals surface area contributed by atoms with E-state index < -0.39 is 10.0 Å². The minimum Gasteiger partial charge on any atom is -0.497 e. The van der Waals surface area contributed by atoms with Gasteiger partial charge < -0.3 is 15.4 Å². The molecule has 0 spiro atoms. The number of anilines is 1. The van der Waals surface area contributed by atoms with Crippen LogP contribution in [0.1, 0.15) is 24.4 Å². The number of primary sulfonamides is 1. The van der Waals surface area contributed by atoms with Crippen LogP contribution < -0.4 is 20.5 Å². The van der Waals surface area contributed by atoms with Gasteiger partial charge >= 0.3 is 6.03 Å². The summed E-state index contributed by atoms with van der Waals surface area (Å²) in [4.78, 5) is 14.7. The Balaban J connectivity index is 1.64. The lowest BCUT2D eigenvalue weighted by Crippen LogP contribution is -2.38. The third-order valence-electron chi connectivity index (χ3n) is 4.96. The van der Waals surface area contributed by atoms with E-state index in [4.69, 9.17) is 9.88 Å². The van der Waals surface area contributed by atoms with Crippen LogP contribution in [0.2, 0.25) is 0 Å². The monoisotopic (exact) mass is 418 g/mol. The highest BCUT2D eigenvalue weighted by molar-refractivity contribution is 7.89. The van der Waals surface area contributed by atoms with Crippen molar-refractivity contribution in [2.24, 2.45) is 5.14 Å². The van der Waals surface area contributed by atoms with Crippen LogP contribution in [0.4, 0.5) is 10.5 Å². The average Bonchev–Trinajstić information content (AvgIpc) is 3.22. The summed E-state index contributed by atoms with van der Waals surface area (Å²) in [5.41, 5.74) is 1.57. The number of sulfonamides is 1. The first-order valence-corrected chi connectivity index (χ1v) is 11.0. The molecule has 1 aliphatic heterocycles. The van der Waals surface area contributed by atoms with Gasteiger partial charge in [0.1, 0.15) is 5.75 Å². The van der Waals surface area contributed by atoms with E-state index >= 15 is 0 Å². The van der Waals surface area contributed by atoms with Crippen molar-refractivity contribution >= 4 is 21.7 Å². The van der Waals surface area contributed by atoms with Crippen molar-refractivity contribution in [1.29, 1.82) is 0 Å². The molecule has 2 aromatic rings. The lowest BCUT2D eigenvalue weighted by atomic mass is 10.1. The standard InChI is InChI=1S/C20H26N4O4S/c1-28-17-6-4-5-15(13-17)19(24-11-2-3-12-24)14-22-20(25)23-16-7-9-18(10-8-16)29(21,26)27/h4-10,13,19H,2-3,11-12,14H2,1H3,(H2,21,26,27)(H2,22,23,25). The molecule has 2 amide bonds. The summed E-state index contributed by atoms with van der Waals surface area (Å²) >= 11 is 0. The number of hydrogen-bond acceptors (Lipinski definition) is 5. The minimum absolute atomic E-state index is 0.00409. The zero-order valence-electron chi connectivity index (χ0n) is 16.3. The summed E-state index contributed by atoms with van der Waals surface area (Å²) in [7, 11) is -2.12. The van der Waals surface area contributed by atoms with Crippen LogP contribution in [0.3, 0.4) is 0 Å². The molecular formula is C20H26N4O4S. The van der Waals surface area contributed by atoms with Crippen molar-refractivity contribution in [3.8, 4) is 5.75 Å². The Morgan fingerprint density at radius 1 is 1.17 bits per heavy atom. The highest BCUT2D eigenvalue weighted by atomic mass is 32.2. The Kier molecular flexibility index (Phi) is 6.73. The van der Waals surface area contributed by atoms with Crippen molar-refractivity contribution in [2.75, 3.05) is 32.1 Å². The van der Waals surface area contributed by atoms with E-state index in [1.165, 1.54) is 24.3 Å². The molecule has 1 aliphatic rings. The minimum atomic E-state index is -3.76. The third kappa shape index (κ3) is 5.69. The lowest BCUT2D eigenvalue weighted by Gasteiger charge is -2.28. The van der Waals surface area contributed by atoms with Crippen molar-refractivity contribution in [1.82, 2.24) is 10.2 Å². The number of nitrogens with two attached hydrogens (primary N) is 1. The summed E-state index contributed by atoms with van der Waals surface area (Å²) < 4.78 is 28.0. The largest absolute Gasteiger partial charge is 0.497 e. The maximum Gasteiger partial charge on any atom is 0.319 e. The first-order valence-electron chi connectivity index (χ1n) is 9.42. The number of hydrogen-bond donors (Lipinski definition) is 3. The topological polar surface area (TPSA) is 114 Å². The van der Waals surface area contributed by atoms with Gasteiger partial charge in [0.15, 0.2) is 0 Å². The smallest absolute Gasteiger partial charge is 0.319 e. The van der Waals surface area contributed by atoms with E-state index in [-0.39, 0.29) is 17.0 Å². The Morgan fingerprint density at radius 3 is 2.48 bits per heavy atom. The Hall–Kier alpha value is -2.62. The molecule has 1 fully saturated rings. The number of carbonyl (C=O) groups excluding carboxylic acids is 1. The molecule has 29 heavy (non-hydrogen) atoms. The van der Waals surface area contributed by atoms with E-state index in [2.05, 4.69) is 15.5 Å². The molecular weight excluding hydrogens is 392 g/mol. The second kappa shape index (κ2) is 9.25. The van der Waals surface area contributed by atoms with Crippen LogP contribution in [0.15, 0.2) is 53.4 Å². The highest BCUT2D eigenvalue weighted by Gasteiger charge is 2.24. The van der Waals surface area contributed by atoms with Gasteiger partial charge in [0, 0.05) is 12.2 Å². The van der Waals surface area contributed by atoms with E-state index in [9.17, 15) is 13.2 Å². The average molecular weight is 419 g/mol. The van der Waals surface area contributed by atoms with Crippen molar-refractivity contribution in [3.05, 3.63) is 54.1 Å². The zero-order valence-corrected chi connectivity index (χ0v) is 17.1. The second-order valence-electron chi connectivity index (χ2n) is 6.94. The molecule has 4 N–H and O–H groups in total. The van der Waals surface area contributed by atoms with Gasteiger partial charge in [-0.3, -0.25) is 4.90 Å². The fraction of sp³-hybridized carbons (Fsp3) is 0.350. The summed E-state index contributed by atoms with van der Waals surface area (Å²) in [6.07, 6.45) is 2.28. The molecule has 156 valence electrons. The molecule has 0 aliphatic carbocycles. The fourth-order valence-electron chi connectivity index (χ4n) is 3.45. The Labute approximate surface area is 171 Å². The molecule has 1 atom stereocenters. The van der Waals surface area contributed by atoms with Crippen LogP contribution in [0, 0.1) is 0 Å². The Morgan fingerprint density at radius 2 is 1.86 bits per heavy atom. The van der Waals surface area contributed by atoms with E-state index in [1.54, 1.807) is 7.11 Å². The number of carbonyl (C=O) groups is 1. The lowest BCUT2D eigenvalue weighted by molar-refractivity contribution is 0.227. The maximum atomic E-state index is 12.4. The maximum absolute atomic E-state index is 12.4. The summed E-state index contributed by atoms with van der Waals surface area (Å²) in [6.45, 7) is 2.41. The summed E-state index contributed by atoms with van der Waals surface area (Å²) in [6, 6.07) is 13.3. The van der Waals surface area contributed by atoms with Gasteiger partial charge in [0.2, 0.25) is 10.0 Å². The molecule has 9 heteroatoms. The number of urea groups is 1. The number of likely N-dealkylation sites (tertiary alicyclic amines) is 1. The molecule has 0 radical (unpaired) electrons. The second-order valence-corrected chi connectivity index (χ2v) is 8.50. The summed E-state index contributed by atoms with van der Waals surface area (Å²) in [5, 5.41) is 10.7. The van der Waals surface area contributed by atoms with Crippen molar-refractivity contribution in [3.63, 3.8) is 0 Å². The van der Waals surface area contributed by atoms with Gasteiger partial charge in [-0.1, -0.05) is 12.1 Å². The van der Waals surface area contributed by atoms with Crippen LogP contribution in [0.25, 0.3) is 0 Å². The van der Waals surface area contributed by atoms with Gasteiger partial charge in [-0.2, -0.15) is 0 Å². The van der Waals surface area contributed by atoms with Gasteiger partial charge in [0.25, 0.3) is 0 Å². The Bertz CT molecular complexity index is 941. The van der Waals surface area contributed by atoms with E-state index in [1.807, 2.05) is 24.3 Å². The first kappa shape index (κ1) is 21.1. The van der Waals surface area contributed by atoms with Gasteiger partial charge in [0.05, 0.1) is 18.0 Å².